The van der Waals surface area contributed by atoms with Crippen LogP contribution >= 0.6 is 39.1 Å². The van der Waals surface area contributed by atoms with Crippen LogP contribution in [0.1, 0.15) is 23.7 Å². The number of anilines is 1. The van der Waals surface area contributed by atoms with Crippen molar-refractivity contribution in [3.05, 3.63) is 62.5 Å². The third-order valence-corrected chi connectivity index (χ3v) is 4.49. The first-order valence-electron chi connectivity index (χ1n) is 7.70. The monoisotopic (exact) mass is 442 g/mol. The van der Waals surface area contributed by atoms with Gasteiger partial charge in [0.1, 0.15) is 6.54 Å². The van der Waals surface area contributed by atoms with Crippen LogP contribution in [0, 0.1) is 0 Å². The quantitative estimate of drug-likeness (QED) is 0.662. The average Bonchev–Trinajstić information content (AvgIpc) is 2.57. The lowest BCUT2D eigenvalue weighted by Gasteiger charge is -2.22. The Morgan fingerprint density at radius 1 is 1.12 bits per heavy atom. The van der Waals surface area contributed by atoms with Gasteiger partial charge in [-0.3, -0.25) is 9.59 Å². The smallest absolute Gasteiger partial charge is 0.254 e. The standard InChI is InChI=1S/C18H17BrCl2N2O2/c1-2-9-23(18(25)12-3-5-13(19)6-4-12)11-17(24)22-16-8-7-14(20)10-15(16)21/h3-8,10H,2,9,11H2,1H3,(H,22,24). The lowest BCUT2D eigenvalue weighted by atomic mass is 10.2. The third kappa shape index (κ3) is 5.73. The number of hydrogen-bond acceptors (Lipinski definition) is 2. The van der Waals surface area contributed by atoms with Gasteiger partial charge in [0.05, 0.1) is 10.7 Å². The largest absolute Gasteiger partial charge is 0.329 e. The highest BCUT2D eigenvalue weighted by atomic mass is 79.9. The van der Waals surface area contributed by atoms with Crippen LogP contribution < -0.4 is 5.32 Å². The molecule has 1 N–H and O–H groups in total. The summed E-state index contributed by atoms with van der Waals surface area (Å²) in [5.41, 5.74) is 0.998. The fraction of sp³-hybridized carbons (Fsp3) is 0.222. The number of benzene rings is 2. The third-order valence-electron chi connectivity index (χ3n) is 3.41. The van der Waals surface area contributed by atoms with Crippen molar-refractivity contribution in [2.24, 2.45) is 0 Å². The van der Waals surface area contributed by atoms with Crippen LogP contribution in [0.15, 0.2) is 46.9 Å². The van der Waals surface area contributed by atoms with Gasteiger partial charge in [-0.05, 0) is 48.9 Å². The predicted octanol–water partition coefficient (Wildman–Crippen LogP) is 5.25. The summed E-state index contributed by atoms with van der Waals surface area (Å²) in [5, 5.41) is 3.55. The Hall–Kier alpha value is -1.56. The molecule has 2 rings (SSSR count). The van der Waals surface area contributed by atoms with Gasteiger partial charge in [0.2, 0.25) is 5.91 Å². The van der Waals surface area contributed by atoms with E-state index in [1.54, 1.807) is 42.5 Å². The molecule has 0 saturated carbocycles. The Morgan fingerprint density at radius 3 is 2.40 bits per heavy atom. The molecule has 0 bridgehead atoms. The molecule has 0 spiro atoms. The van der Waals surface area contributed by atoms with E-state index in [4.69, 9.17) is 23.2 Å². The van der Waals surface area contributed by atoms with Gasteiger partial charge in [0, 0.05) is 21.6 Å². The first-order valence-corrected chi connectivity index (χ1v) is 9.25. The number of rotatable bonds is 6. The number of carbonyl (C=O) groups excluding carboxylic acids is 2. The normalized spacial score (nSPS) is 10.4. The van der Waals surface area contributed by atoms with Gasteiger partial charge < -0.3 is 10.2 Å². The van der Waals surface area contributed by atoms with E-state index < -0.39 is 0 Å². The molecule has 2 aromatic rings. The Morgan fingerprint density at radius 2 is 1.80 bits per heavy atom. The van der Waals surface area contributed by atoms with Crippen LogP contribution in [0.4, 0.5) is 5.69 Å². The highest BCUT2D eigenvalue weighted by Gasteiger charge is 2.18. The first-order chi connectivity index (χ1) is 11.9. The fourth-order valence-corrected chi connectivity index (χ4v) is 2.97. The molecule has 0 aliphatic carbocycles. The van der Waals surface area contributed by atoms with Gasteiger partial charge in [0.25, 0.3) is 5.91 Å². The van der Waals surface area contributed by atoms with Gasteiger partial charge in [-0.1, -0.05) is 46.1 Å². The molecule has 4 nitrogen and oxygen atoms in total. The van der Waals surface area contributed by atoms with Gasteiger partial charge in [-0.2, -0.15) is 0 Å². The van der Waals surface area contributed by atoms with Crippen LogP contribution in [0.2, 0.25) is 10.0 Å². The molecule has 0 fully saturated rings. The summed E-state index contributed by atoms with van der Waals surface area (Å²) < 4.78 is 0.890. The van der Waals surface area contributed by atoms with E-state index in [2.05, 4.69) is 21.2 Å². The number of nitrogens with one attached hydrogen (secondary N) is 1. The molecule has 0 aliphatic rings. The van der Waals surface area contributed by atoms with Gasteiger partial charge in [0.15, 0.2) is 0 Å². The van der Waals surface area contributed by atoms with E-state index in [9.17, 15) is 9.59 Å². The van der Waals surface area contributed by atoms with Crippen LogP contribution in [-0.2, 0) is 4.79 Å². The van der Waals surface area contributed by atoms with Crippen LogP contribution in [0.5, 0.6) is 0 Å². The Bertz CT molecular complexity index is 766. The number of amides is 2. The van der Waals surface area contributed by atoms with Crippen molar-refractivity contribution >= 4 is 56.6 Å². The maximum atomic E-state index is 12.6. The fourth-order valence-electron chi connectivity index (χ4n) is 2.25. The summed E-state index contributed by atoms with van der Waals surface area (Å²) in [6.07, 6.45) is 0.747. The molecule has 0 unspecified atom stereocenters. The van der Waals surface area contributed by atoms with Gasteiger partial charge in [-0.15, -0.1) is 0 Å². The highest BCUT2D eigenvalue weighted by Crippen LogP contribution is 2.25. The summed E-state index contributed by atoms with van der Waals surface area (Å²) >= 11 is 15.2. The highest BCUT2D eigenvalue weighted by molar-refractivity contribution is 9.10. The van der Waals surface area contributed by atoms with E-state index in [0.29, 0.717) is 27.8 Å². The Balaban J connectivity index is 2.08. The van der Waals surface area contributed by atoms with E-state index in [-0.39, 0.29) is 18.4 Å². The second-order valence-corrected chi connectivity index (χ2v) is 7.17. The molecular weight excluding hydrogens is 427 g/mol. The lowest BCUT2D eigenvalue weighted by Crippen LogP contribution is -2.38. The SMILES string of the molecule is CCCN(CC(=O)Nc1ccc(Cl)cc1Cl)C(=O)c1ccc(Br)cc1. The predicted molar refractivity (Wildman–Crippen MR) is 105 cm³/mol. The van der Waals surface area contributed by atoms with Crippen molar-refractivity contribution in [3.63, 3.8) is 0 Å². The van der Waals surface area contributed by atoms with Crippen molar-refractivity contribution in [1.82, 2.24) is 4.90 Å². The molecule has 25 heavy (non-hydrogen) atoms. The van der Waals surface area contributed by atoms with Crippen molar-refractivity contribution in [2.75, 3.05) is 18.4 Å². The molecule has 0 radical (unpaired) electrons. The van der Waals surface area contributed by atoms with Crippen LogP contribution in [-0.4, -0.2) is 29.8 Å². The zero-order chi connectivity index (χ0) is 18.4. The molecule has 0 aliphatic heterocycles. The molecule has 0 atom stereocenters. The second kappa shape index (κ2) is 9.22. The zero-order valence-corrected chi connectivity index (χ0v) is 16.7. The molecule has 0 heterocycles. The van der Waals surface area contributed by atoms with Gasteiger partial charge >= 0.3 is 0 Å². The van der Waals surface area contributed by atoms with E-state index in [1.807, 2.05) is 6.92 Å². The minimum Gasteiger partial charge on any atom is -0.329 e. The Labute approximate surface area is 165 Å². The van der Waals surface area contributed by atoms with Crippen molar-refractivity contribution in [2.45, 2.75) is 13.3 Å². The minimum atomic E-state index is -0.317. The summed E-state index contributed by atoms with van der Waals surface area (Å²) in [5.74, 6) is -0.505. The van der Waals surface area contributed by atoms with Crippen molar-refractivity contribution in [1.29, 1.82) is 0 Å². The maximum absolute atomic E-state index is 12.6. The summed E-state index contributed by atoms with van der Waals surface area (Å²) in [7, 11) is 0. The van der Waals surface area contributed by atoms with Crippen molar-refractivity contribution < 1.29 is 9.59 Å². The minimum absolute atomic E-state index is 0.0539. The van der Waals surface area contributed by atoms with E-state index >= 15 is 0 Å². The van der Waals surface area contributed by atoms with Gasteiger partial charge in [-0.25, -0.2) is 0 Å². The first kappa shape index (κ1) is 19.8. The molecule has 2 aromatic carbocycles. The number of halogens is 3. The molecule has 132 valence electrons. The topological polar surface area (TPSA) is 49.4 Å². The van der Waals surface area contributed by atoms with Crippen LogP contribution in [0.3, 0.4) is 0 Å². The number of hydrogen-bond donors (Lipinski definition) is 1. The molecule has 7 heteroatoms. The van der Waals surface area contributed by atoms with E-state index in [1.165, 1.54) is 4.90 Å². The Kier molecular flexibility index (Phi) is 7.29. The van der Waals surface area contributed by atoms with Crippen molar-refractivity contribution in [3.8, 4) is 0 Å². The number of nitrogens with zero attached hydrogens (tertiary/aromatic N) is 1. The zero-order valence-electron chi connectivity index (χ0n) is 13.6. The average molecular weight is 444 g/mol. The maximum Gasteiger partial charge on any atom is 0.254 e. The summed E-state index contributed by atoms with van der Waals surface area (Å²) in [4.78, 5) is 26.5. The molecule has 0 saturated heterocycles. The second-order valence-electron chi connectivity index (χ2n) is 5.41. The van der Waals surface area contributed by atoms with E-state index in [0.717, 1.165) is 10.9 Å². The lowest BCUT2D eigenvalue weighted by molar-refractivity contribution is -0.116. The van der Waals surface area contributed by atoms with Crippen LogP contribution in [0.25, 0.3) is 0 Å². The summed E-state index contributed by atoms with van der Waals surface area (Å²) in [6, 6.07) is 11.9. The molecule has 0 aromatic heterocycles. The summed E-state index contributed by atoms with van der Waals surface area (Å²) in [6.45, 7) is 2.38. The molecule has 2 amide bonds. The number of carbonyl (C=O) groups is 2. The molecular formula is C18H17BrCl2N2O2.